The third-order valence-corrected chi connectivity index (χ3v) is 4.37. The molecule has 0 aromatic heterocycles. The average Bonchev–Trinajstić information content (AvgIpc) is 2.73. The second-order valence-electron chi connectivity index (χ2n) is 6.38. The highest BCUT2D eigenvalue weighted by atomic mass is 16.5. The highest BCUT2D eigenvalue weighted by Crippen LogP contribution is 2.39. The molecule has 0 heterocycles. The molecule has 0 fully saturated rings. The minimum atomic E-state index is -0.655. The Bertz CT molecular complexity index is 1010. The Balaban J connectivity index is 2.38. The molecule has 8 nitrogen and oxygen atoms in total. The second kappa shape index (κ2) is 9.98. The summed E-state index contributed by atoms with van der Waals surface area (Å²) >= 11 is 0. The first-order valence-corrected chi connectivity index (χ1v) is 8.97. The quantitative estimate of drug-likeness (QED) is 0.510. The molecule has 2 aromatic carbocycles. The lowest BCUT2D eigenvalue weighted by atomic mass is 10.1. The van der Waals surface area contributed by atoms with Crippen molar-refractivity contribution in [2.24, 2.45) is 5.73 Å². The lowest BCUT2D eigenvalue weighted by Crippen LogP contribution is -2.20. The van der Waals surface area contributed by atoms with Crippen LogP contribution in [0.15, 0.2) is 35.9 Å². The molecule has 0 spiro atoms. The van der Waals surface area contributed by atoms with E-state index in [2.05, 4.69) is 5.32 Å². The number of nitrogens with zero attached hydrogens (tertiary/aromatic N) is 1. The highest BCUT2D eigenvalue weighted by Gasteiger charge is 2.17. The molecule has 30 heavy (non-hydrogen) atoms. The number of methoxy groups -OCH3 is 2. The van der Waals surface area contributed by atoms with E-state index in [4.69, 9.17) is 19.9 Å². The molecule has 0 bridgehead atoms. The first kappa shape index (κ1) is 22.3. The van der Waals surface area contributed by atoms with Crippen LogP contribution in [0.1, 0.15) is 16.7 Å². The van der Waals surface area contributed by atoms with Crippen LogP contribution < -0.4 is 25.3 Å². The number of ether oxygens (including phenoxy) is 3. The first-order chi connectivity index (χ1) is 14.3. The number of carbonyl (C=O) groups excluding carboxylic acids is 2. The molecule has 0 aliphatic carbocycles. The number of carbonyl (C=O) groups is 2. The van der Waals surface area contributed by atoms with E-state index in [0.29, 0.717) is 11.3 Å². The summed E-state index contributed by atoms with van der Waals surface area (Å²) in [7, 11) is 2.83. The molecule has 156 valence electrons. The number of primary amides is 1. The van der Waals surface area contributed by atoms with Crippen molar-refractivity contribution in [2.75, 3.05) is 26.1 Å². The van der Waals surface area contributed by atoms with Gasteiger partial charge >= 0.3 is 0 Å². The molecule has 2 amide bonds. The number of aryl methyl sites for hydroxylation is 1. The van der Waals surface area contributed by atoms with Crippen LogP contribution in [0, 0.1) is 25.2 Å². The fourth-order valence-corrected chi connectivity index (χ4v) is 2.66. The standard InChI is InChI=1S/C22H23N3O5/c1-13-6-5-7-17(14(13)2)25-22(27)16(11-23)8-15-9-18(28-3)21(19(10-15)29-4)30-12-20(24)26/h5-10H,12H2,1-4H3,(H2,24,26)(H,25,27)/b16-8+. The molecule has 2 rings (SSSR count). The van der Waals surface area contributed by atoms with Crippen molar-refractivity contribution in [1.82, 2.24) is 0 Å². The van der Waals surface area contributed by atoms with Crippen LogP contribution >= 0.6 is 0 Å². The van der Waals surface area contributed by atoms with Crippen LogP contribution in [0.2, 0.25) is 0 Å². The first-order valence-electron chi connectivity index (χ1n) is 8.97. The van der Waals surface area contributed by atoms with Crippen molar-refractivity contribution in [3.05, 3.63) is 52.6 Å². The normalized spacial score (nSPS) is 10.7. The maximum atomic E-state index is 12.6. The van der Waals surface area contributed by atoms with Crippen LogP contribution in [0.5, 0.6) is 17.2 Å². The van der Waals surface area contributed by atoms with Gasteiger partial charge in [-0.15, -0.1) is 0 Å². The fourth-order valence-electron chi connectivity index (χ4n) is 2.66. The number of rotatable bonds is 8. The monoisotopic (exact) mass is 409 g/mol. The zero-order valence-electron chi connectivity index (χ0n) is 17.2. The van der Waals surface area contributed by atoms with Gasteiger partial charge in [0, 0.05) is 5.69 Å². The van der Waals surface area contributed by atoms with Crippen LogP contribution in [-0.4, -0.2) is 32.6 Å². The Morgan fingerprint density at radius 2 is 1.80 bits per heavy atom. The van der Waals surface area contributed by atoms with Crippen molar-refractivity contribution in [3.63, 3.8) is 0 Å². The van der Waals surface area contributed by atoms with E-state index >= 15 is 0 Å². The van der Waals surface area contributed by atoms with Crippen LogP contribution in [0.4, 0.5) is 5.69 Å². The van der Waals surface area contributed by atoms with E-state index in [1.807, 2.05) is 32.0 Å². The summed E-state index contributed by atoms with van der Waals surface area (Å²) in [4.78, 5) is 23.6. The van der Waals surface area contributed by atoms with Gasteiger partial charge < -0.3 is 25.3 Å². The van der Waals surface area contributed by atoms with E-state index in [1.54, 1.807) is 18.2 Å². The van der Waals surface area contributed by atoms with Crippen molar-refractivity contribution < 1.29 is 23.8 Å². The van der Waals surface area contributed by atoms with Gasteiger partial charge in [0.05, 0.1) is 14.2 Å². The van der Waals surface area contributed by atoms with Gasteiger partial charge in [0.1, 0.15) is 11.6 Å². The minimum Gasteiger partial charge on any atom is -0.493 e. The molecule has 0 unspecified atom stereocenters. The molecule has 3 N–H and O–H groups in total. The summed E-state index contributed by atoms with van der Waals surface area (Å²) < 4.78 is 15.9. The SMILES string of the molecule is COc1cc(/C=C(\C#N)C(=O)Nc2cccc(C)c2C)cc(OC)c1OCC(N)=O. The molecule has 0 aliphatic heterocycles. The number of hydrogen-bond donors (Lipinski definition) is 2. The van der Waals surface area contributed by atoms with E-state index in [0.717, 1.165) is 11.1 Å². The molecule has 0 radical (unpaired) electrons. The largest absolute Gasteiger partial charge is 0.493 e. The molecule has 0 atom stereocenters. The minimum absolute atomic E-state index is 0.106. The molecular formula is C22H23N3O5. The molecule has 2 aromatic rings. The third kappa shape index (κ3) is 5.29. The van der Waals surface area contributed by atoms with Crippen LogP contribution in [0.3, 0.4) is 0 Å². The van der Waals surface area contributed by atoms with Gasteiger partial charge in [0.15, 0.2) is 18.1 Å². The number of benzene rings is 2. The number of nitrogens with two attached hydrogens (primary N) is 1. The number of hydrogen-bond acceptors (Lipinski definition) is 6. The maximum Gasteiger partial charge on any atom is 0.266 e. The number of nitrogens with one attached hydrogen (secondary N) is 1. The van der Waals surface area contributed by atoms with E-state index in [1.165, 1.54) is 20.3 Å². The zero-order valence-corrected chi connectivity index (χ0v) is 17.2. The Kier molecular flexibility index (Phi) is 7.42. The number of amides is 2. The van der Waals surface area contributed by atoms with Gasteiger partial charge in [-0.2, -0.15) is 5.26 Å². The zero-order chi connectivity index (χ0) is 22.3. The third-order valence-electron chi connectivity index (χ3n) is 4.37. The molecule has 8 heteroatoms. The van der Waals surface area contributed by atoms with Gasteiger partial charge in [0.25, 0.3) is 11.8 Å². The van der Waals surface area contributed by atoms with Gasteiger partial charge in [-0.25, -0.2) is 0 Å². The summed E-state index contributed by atoms with van der Waals surface area (Å²) in [5.41, 5.74) is 8.06. The van der Waals surface area contributed by atoms with Gasteiger partial charge in [-0.3, -0.25) is 9.59 Å². The lowest BCUT2D eigenvalue weighted by Gasteiger charge is -2.14. The number of nitriles is 1. The van der Waals surface area contributed by atoms with Crippen LogP contribution in [0.25, 0.3) is 6.08 Å². The fraction of sp³-hybridized carbons (Fsp3) is 0.227. The highest BCUT2D eigenvalue weighted by molar-refractivity contribution is 6.10. The van der Waals surface area contributed by atoms with Crippen molar-refractivity contribution in [1.29, 1.82) is 5.26 Å². The van der Waals surface area contributed by atoms with Crippen molar-refractivity contribution >= 4 is 23.6 Å². The lowest BCUT2D eigenvalue weighted by molar-refractivity contribution is -0.120. The maximum absolute atomic E-state index is 12.6. The second-order valence-corrected chi connectivity index (χ2v) is 6.38. The molecular weight excluding hydrogens is 386 g/mol. The average molecular weight is 409 g/mol. The summed E-state index contributed by atoms with van der Waals surface area (Å²) in [6, 6.07) is 10.6. The Morgan fingerprint density at radius 3 is 2.33 bits per heavy atom. The van der Waals surface area contributed by atoms with Gasteiger partial charge in [-0.1, -0.05) is 12.1 Å². The van der Waals surface area contributed by atoms with Crippen LogP contribution in [-0.2, 0) is 9.59 Å². The Morgan fingerprint density at radius 1 is 1.17 bits per heavy atom. The predicted octanol–water partition coefficient (Wildman–Crippen LogP) is 2.73. The number of anilines is 1. The Hall–Kier alpha value is -3.99. The van der Waals surface area contributed by atoms with E-state index in [9.17, 15) is 14.9 Å². The summed E-state index contributed by atoms with van der Waals surface area (Å²) in [5, 5.41) is 12.3. The summed E-state index contributed by atoms with van der Waals surface area (Å²) in [5.74, 6) is -0.492. The predicted molar refractivity (Wildman–Crippen MR) is 112 cm³/mol. The van der Waals surface area contributed by atoms with Crippen molar-refractivity contribution in [3.8, 4) is 23.3 Å². The summed E-state index contributed by atoms with van der Waals surface area (Å²) in [6.07, 6.45) is 1.41. The molecule has 0 saturated carbocycles. The summed E-state index contributed by atoms with van der Waals surface area (Å²) in [6.45, 7) is 3.47. The van der Waals surface area contributed by atoms with E-state index < -0.39 is 11.8 Å². The van der Waals surface area contributed by atoms with E-state index in [-0.39, 0.29) is 29.4 Å². The smallest absolute Gasteiger partial charge is 0.266 e. The van der Waals surface area contributed by atoms with Gasteiger partial charge in [-0.05, 0) is 54.8 Å². The Labute approximate surface area is 174 Å². The topological polar surface area (TPSA) is 124 Å². The molecule has 0 saturated heterocycles. The van der Waals surface area contributed by atoms with Gasteiger partial charge in [0.2, 0.25) is 5.75 Å². The van der Waals surface area contributed by atoms with Crippen molar-refractivity contribution in [2.45, 2.75) is 13.8 Å². The molecule has 0 aliphatic rings.